The van der Waals surface area contributed by atoms with Gasteiger partial charge in [-0.3, -0.25) is 19.1 Å². The largest absolute Gasteiger partial charge is 0.466 e. The van der Waals surface area contributed by atoms with Crippen molar-refractivity contribution in [2.75, 3.05) is 19.7 Å². The minimum atomic E-state index is -0.267. The number of amides is 1. The molecule has 7 nitrogen and oxygen atoms in total. The molecular weight excluding hydrogens is 322 g/mol. The summed E-state index contributed by atoms with van der Waals surface area (Å²) in [6.07, 6.45) is 2.74. The minimum Gasteiger partial charge on any atom is -0.466 e. The summed E-state index contributed by atoms with van der Waals surface area (Å²) in [5, 5.41) is 4.63. The zero-order chi connectivity index (χ0) is 17.8. The van der Waals surface area contributed by atoms with E-state index < -0.39 is 0 Å². The number of hydrogen-bond donors (Lipinski definition) is 0. The van der Waals surface area contributed by atoms with Gasteiger partial charge in [-0.2, -0.15) is 5.10 Å². The van der Waals surface area contributed by atoms with Crippen LogP contribution >= 0.6 is 0 Å². The first-order valence-electron chi connectivity index (χ1n) is 8.49. The number of aromatic nitrogens is 2. The molecule has 2 aromatic rings. The lowest BCUT2D eigenvalue weighted by molar-refractivity contribution is -0.151. The van der Waals surface area contributed by atoms with Crippen molar-refractivity contribution in [3.8, 4) is 0 Å². The van der Waals surface area contributed by atoms with Crippen LogP contribution in [0.3, 0.4) is 0 Å². The molecule has 1 aromatic carbocycles. The van der Waals surface area contributed by atoms with E-state index in [-0.39, 0.29) is 29.8 Å². The summed E-state index contributed by atoms with van der Waals surface area (Å²) < 4.78 is 6.60. The number of piperidine rings is 1. The van der Waals surface area contributed by atoms with Crippen LogP contribution in [-0.2, 0) is 20.9 Å². The monoisotopic (exact) mass is 343 g/mol. The van der Waals surface area contributed by atoms with Gasteiger partial charge in [0.05, 0.1) is 24.2 Å². The standard InChI is InChI=1S/C18H21N3O4/c1-2-25-18(24)13-6-5-9-20(11-13)17(23)12-21-15-8-4-3-7-14(15)16(22)10-19-21/h3-4,7-8,10,13H,2,5-6,9,11-12H2,1H3. The van der Waals surface area contributed by atoms with Gasteiger partial charge in [-0.05, 0) is 31.9 Å². The molecule has 0 radical (unpaired) electrons. The molecule has 1 saturated heterocycles. The van der Waals surface area contributed by atoms with E-state index in [1.807, 2.05) is 6.07 Å². The Morgan fingerprint density at radius 1 is 1.32 bits per heavy atom. The molecule has 1 aliphatic rings. The fourth-order valence-corrected chi connectivity index (χ4v) is 3.17. The summed E-state index contributed by atoms with van der Waals surface area (Å²) in [6, 6.07) is 7.08. The van der Waals surface area contributed by atoms with Gasteiger partial charge in [0.2, 0.25) is 11.3 Å². The number of hydrogen-bond acceptors (Lipinski definition) is 5. The van der Waals surface area contributed by atoms with Crippen molar-refractivity contribution >= 4 is 22.8 Å². The van der Waals surface area contributed by atoms with Gasteiger partial charge in [0.15, 0.2) is 0 Å². The third-order valence-electron chi connectivity index (χ3n) is 4.44. The molecule has 1 aliphatic heterocycles. The van der Waals surface area contributed by atoms with E-state index in [2.05, 4.69) is 5.10 Å². The molecular formula is C18H21N3O4. The fourth-order valence-electron chi connectivity index (χ4n) is 3.17. The average molecular weight is 343 g/mol. The van der Waals surface area contributed by atoms with Crippen molar-refractivity contribution in [3.63, 3.8) is 0 Å². The number of carbonyl (C=O) groups is 2. The Morgan fingerprint density at radius 2 is 2.12 bits per heavy atom. The zero-order valence-corrected chi connectivity index (χ0v) is 14.2. The molecule has 0 aliphatic carbocycles. The molecule has 25 heavy (non-hydrogen) atoms. The van der Waals surface area contributed by atoms with E-state index in [1.54, 1.807) is 30.0 Å². The van der Waals surface area contributed by atoms with E-state index >= 15 is 0 Å². The molecule has 132 valence electrons. The molecule has 1 atom stereocenters. The lowest BCUT2D eigenvalue weighted by Crippen LogP contribution is -2.44. The molecule has 3 rings (SSSR count). The first-order valence-corrected chi connectivity index (χ1v) is 8.49. The van der Waals surface area contributed by atoms with Crippen molar-refractivity contribution in [2.45, 2.75) is 26.3 Å². The summed E-state index contributed by atoms with van der Waals surface area (Å²) in [6.45, 7) is 3.15. The van der Waals surface area contributed by atoms with Crippen LogP contribution in [0, 0.1) is 5.92 Å². The molecule has 0 bridgehead atoms. The van der Waals surface area contributed by atoms with Crippen molar-refractivity contribution in [1.29, 1.82) is 0 Å². The van der Waals surface area contributed by atoms with Crippen molar-refractivity contribution in [2.24, 2.45) is 5.92 Å². The Labute approximate surface area is 145 Å². The number of fused-ring (bicyclic) bond motifs is 1. The maximum absolute atomic E-state index is 12.7. The maximum Gasteiger partial charge on any atom is 0.310 e. The van der Waals surface area contributed by atoms with E-state index in [9.17, 15) is 14.4 Å². The third kappa shape index (κ3) is 3.70. The Balaban J connectivity index is 1.75. The van der Waals surface area contributed by atoms with Gasteiger partial charge in [0.25, 0.3) is 0 Å². The van der Waals surface area contributed by atoms with Crippen LogP contribution in [0.4, 0.5) is 0 Å². The van der Waals surface area contributed by atoms with E-state index in [0.29, 0.717) is 30.6 Å². The molecule has 1 aromatic heterocycles. The molecule has 2 heterocycles. The predicted octanol–water partition coefficient (Wildman–Crippen LogP) is 1.20. The Morgan fingerprint density at radius 3 is 2.92 bits per heavy atom. The third-order valence-corrected chi connectivity index (χ3v) is 4.44. The highest BCUT2D eigenvalue weighted by molar-refractivity contribution is 5.82. The molecule has 0 saturated carbocycles. The van der Waals surface area contributed by atoms with Gasteiger partial charge in [-0.25, -0.2) is 0 Å². The van der Waals surface area contributed by atoms with E-state index in [4.69, 9.17) is 4.74 Å². The lowest BCUT2D eigenvalue weighted by atomic mass is 9.98. The molecule has 1 fully saturated rings. The van der Waals surface area contributed by atoms with Crippen LogP contribution < -0.4 is 5.43 Å². The number of rotatable bonds is 4. The van der Waals surface area contributed by atoms with Crippen LogP contribution in [0.25, 0.3) is 10.9 Å². The number of likely N-dealkylation sites (tertiary alicyclic amines) is 1. The zero-order valence-electron chi connectivity index (χ0n) is 14.2. The van der Waals surface area contributed by atoms with Gasteiger partial charge in [-0.1, -0.05) is 12.1 Å². The van der Waals surface area contributed by atoms with Gasteiger partial charge >= 0.3 is 5.97 Å². The Bertz CT molecular complexity index is 846. The topological polar surface area (TPSA) is 81.5 Å². The first kappa shape index (κ1) is 17.1. The SMILES string of the molecule is CCOC(=O)C1CCCN(C(=O)Cn2ncc(=O)c3ccccc32)C1. The van der Waals surface area contributed by atoms with Crippen LogP contribution in [0.15, 0.2) is 35.3 Å². The number of para-hydroxylation sites is 1. The molecule has 1 unspecified atom stereocenters. The van der Waals surface area contributed by atoms with Crippen LogP contribution in [0.5, 0.6) is 0 Å². The average Bonchev–Trinajstić information content (AvgIpc) is 2.64. The predicted molar refractivity (Wildman–Crippen MR) is 91.9 cm³/mol. The number of benzene rings is 1. The summed E-state index contributed by atoms with van der Waals surface area (Å²) in [5.74, 6) is -0.626. The van der Waals surface area contributed by atoms with Gasteiger partial charge < -0.3 is 9.64 Å². The number of nitrogens with zero attached hydrogens (tertiary/aromatic N) is 3. The minimum absolute atomic E-state index is 0.0380. The molecule has 7 heteroatoms. The molecule has 0 spiro atoms. The Kier molecular flexibility index (Phi) is 5.11. The van der Waals surface area contributed by atoms with Crippen LogP contribution in [0.2, 0.25) is 0 Å². The van der Waals surface area contributed by atoms with Gasteiger partial charge in [0.1, 0.15) is 6.54 Å². The normalized spacial score (nSPS) is 17.5. The number of carbonyl (C=O) groups excluding carboxylic acids is 2. The fraction of sp³-hybridized carbons (Fsp3) is 0.444. The highest BCUT2D eigenvalue weighted by atomic mass is 16.5. The second kappa shape index (κ2) is 7.46. The summed E-state index contributed by atoms with van der Waals surface area (Å²) >= 11 is 0. The highest BCUT2D eigenvalue weighted by Crippen LogP contribution is 2.18. The summed E-state index contributed by atoms with van der Waals surface area (Å²) in [4.78, 5) is 38.1. The quantitative estimate of drug-likeness (QED) is 0.779. The number of ether oxygens (including phenoxy) is 1. The highest BCUT2D eigenvalue weighted by Gasteiger charge is 2.29. The van der Waals surface area contributed by atoms with Crippen LogP contribution in [0.1, 0.15) is 19.8 Å². The Hall–Kier alpha value is -2.70. The maximum atomic E-state index is 12.7. The molecule has 0 N–H and O–H groups in total. The number of esters is 1. The second-order valence-corrected chi connectivity index (χ2v) is 6.11. The van der Waals surface area contributed by atoms with E-state index in [1.165, 1.54) is 10.9 Å². The summed E-state index contributed by atoms with van der Waals surface area (Å²) in [5.41, 5.74) is 0.460. The van der Waals surface area contributed by atoms with Crippen molar-refractivity contribution < 1.29 is 14.3 Å². The second-order valence-electron chi connectivity index (χ2n) is 6.11. The van der Waals surface area contributed by atoms with Gasteiger partial charge in [-0.15, -0.1) is 0 Å². The van der Waals surface area contributed by atoms with Crippen molar-refractivity contribution in [3.05, 3.63) is 40.7 Å². The smallest absolute Gasteiger partial charge is 0.310 e. The van der Waals surface area contributed by atoms with Gasteiger partial charge in [0, 0.05) is 18.5 Å². The van der Waals surface area contributed by atoms with E-state index in [0.717, 1.165) is 12.8 Å². The summed E-state index contributed by atoms with van der Waals surface area (Å²) in [7, 11) is 0. The van der Waals surface area contributed by atoms with Crippen LogP contribution in [-0.4, -0.2) is 46.3 Å². The van der Waals surface area contributed by atoms with Crippen molar-refractivity contribution in [1.82, 2.24) is 14.7 Å². The lowest BCUT2D eigenvalue weighted by Gasteiger charge is -2.31. The first-order chi connectivity index (χ1) is 12.1. The molecule has 1 amide bonds.